The molecular weight excluding hydrogens is 771 g/mol. The predicted octanol–water partition coefficient (Wildman–Crippen LogP) is 15.1. The second-order valence-electron chi connectivity index (χ2n) is 17.9. The van der Waals surface area contributed by atoms with Gasteiger partial charge in [0, 0.05) is 49.9 Å². The maximum Gasteiger partial charge on any atom is 0.149 e. The number of hydrogen-bond donors (Lipinski definition) is 1. The maximum absolute atomic E-state index is 12.2. The van der Waals surface area contributed by atoms with Gasteiger partial charge in [-0.3, -0.25) is 4.57 Å². The lowest BCUT2D eigenvalue weighted by atomic mass is 9.55. The number of aromatic nitrogens is 3. The number of fused-ring (bicyclic) bond motifs is 9. The first kappa shape index (κ1) is 37.0. The van der Waals surface area contributed by atoms with Crippen molar-refractivity contribution in [1.29, 1.82) is 0 Å². The Morgan fingerprint density at radius 3 is 1.78 bits per heavy atom. The van der Waals surface area contributed by atoms with Gasteiger partial charge in [-0.1, -0.05) is 185 Å². The molecule has 3 aromatic heterocycles. The third-order valence-corrected chi connectivity index (χ3v) is 14.1. The van der Waals surface area contributed by atoms with E-state index in [2.05, 4.69) is 172 Å². The summed E-state index contributed by atoms with van der Waals surface area (Å²) < 4.78 is 8.53. The Balaban J connectivity index is 1.23. The SMILES string of the molecule is CC1(C)c2ccccc2-c2nc(-c3cccc4c3nc(-c3cc5c(cc3O)oc3ccccc35)n4-c3c(-c4ccccc4)cccc3-c3ccccc3)c3ccccc3c2C1(C)C. The number of para-hydroxylation sites is 3. The summed E-state index contributed by atoms with van der Waals surface area (Å²) in [7, 11) is 0. The molecule has 5 heteroatoms. The van der Waals surface area contributed by atoms with Crippen LogP contribution in [0.3, 0.4) is 0 Å². The van der Waals surface area contributed by atoms with Crippen molar-refractivity contribution in [2.24, 2.45) is 0 Å². The quantitative estimate of drug-likeness (QED) is 0.188. The number of benzene rings is 8. The third kappa shape index (κ3) is 5.36. The van der Waals surface area contributed by atoms with Crippen molar-refractivity contribution < 1.29 is 9.52 Å². The molecule has 0 aliphatic heterocycles. The molecule has 1 aliphatic rings. The van der Waals surface area contributed by atoms with Gasteiger partial charge in [0.05, 0.1) is 33.7 Å². The number of nitrogens with zero attached hydrogens (tertiary/aromatic N) is 3. The number of hydrogen-bond acceptors (Lipinski definition) is 4. The van der Waals surface area contributed by atoms with Crippen LogP contribution in [0.2, 0.25) is 0 Å². The fraction of sp³-hybridized carbons (Fsp3) is 0.103. The summed E-state index contributed by atoms with van der Waals surface area (Å²) in [5, 5.41) is 16.3. The molecular formula is C58H43N3O2. The first-order valence-corrected chi connectivity index (χ1v) is 21.6. The number of phenolic OH excluding ortho intramolecular Hbond substituents is 1. The van der Waals surface area contributed by atoms with Gasteiger partial charge < -0.3 is 9.52 Å². The standard InChI is InChI=1S/C58H43N3O2/c1-57(2)46-30-15-13-26-42(46)54-51(58(57,3)4)40-24-11-12-25-41(40)52(59-54)43-29-18-31-47-53(43)60-56(45-33-44-39-23-14-16-32-49(39)63-50(44)34-48(45)62)61(47)55-37(35-19-7-5-8-20-35)27-17-28-38(55)36-21-9-6-10-22-36/h5-34,62H,1-4H3. The predicted molar refractivity (Wildman–Crippen MR) is 259 cm³/mol. The van der Waals surface area contributed by atoms with Gasteiger partial charge in [0.15, 0.2) is 0 Å². The molecule has 0 atom stereocenters. The lowest BCUT2D eigenvalue weighted by Crippen LogP contribution is -2.44. The van der Waals surface area contributed by atoms with Crippen LogP contribution in [0.5, 0.6) is 5.75 Å². The van der Waals surface area contributed by atoms with Crippen LogP contribution in [0.25, 0.3) is 106 Å². The summed E-state index contributed by atoms with van der Waals surface area (Å²) in [6.07, 6.45) is 0. The van der Waals surface area contributed by atoms with Gasteiger partial charge in [-0.15, -0.1) is 0 Å². The van der Waals surface area contributed by atoms with Crippen LogP contribution in [0.4, 0.5) is 0 Å². The molecule has 0 fully saturated rings. The van der Waals surface area contributed by atoms with Crippen LogP contribution >= 0.6 is 0 Å². The Kier molecular flexibility index (Phi) is 8.01. The zero-order valence-corrected chi connectivity index (χ0v) is 35.5. The summed E-state index contributed by atoms with van der Waals surface area (Å²) in [5.74, 6) is 0.690. The minimum atomic E-state index is -0.231. The highest BCUT2D eigenvalue weighted by molar-refractivity contribution is 6.09. The van der Waals surface area contributed by atoms with E-state index in [4.69, 9.17) is 14.4 Å². The molecule has 0 radical (unpaired) electrons. The Hall–Kier alpha value is -7.76. The summed E-state index contributed by atoms with van der Waals surface area (Å²) >= 11 is 0. The van der Waals surface area contributed by atoms with Gasteiger partial charge in [0.25, 0.3) is 0 Å². The summed E-state index contributed by atoms with van der Waals surface area (Å²) in [5.41, 5.74) is 15.0. The summed E-state index contributed by atoms with van der Waals surface area (Å²) in [6, 6.07) is 63.3. The van der Waals surface area contributed by atoms with E-state index in [1.807, 2.05) is 36.4 Å². The Morgan fingerprint density at radius 2 is 1.05 bits per heavy atom. The van der Waals surface area contributed by atoms with E-state index in [0.29, 0.717) is 17.0 Å². The van der Waals surface area contributed by atoms with E-state index < -0.39 is 0 Å². The molecule has 1 N–H and O–H groups in total. The van der Waals surface area contributed by atoms with Gasteiger partial charge in [-0.2, -0.15) is 0 Å². The smallest absolute Gasteiger partial charge is 0.149 e. The second-order valence-corrected chi connectivity index (χ2v) is 17.9. The molecule has 11 aromatic rings. The molecule has 0 saturated heterocycles. The number of phenols is 1. The Morgan fingerprint density at radius 1 is 0.460 bits per heavy atom. The van der Waals surface area contributed by atoms with E-state index in [0.717, 1.165) is 83.2 Å². The number of imidazole rings is 1. The second kappa shape index (κ2) is 13.6. The first-order chi connectivity index (χ1) is 30.7. The summed E-state index contributed by atoms with van der Waals surface area (Å²) in [4.78, 5) is 11.4. The van der Waals surface area contributed by atoms with E-state index in [1.54, 1.807) is 6.07 Å². The highest BCUT2D eigenvalue weighted by atomic mass is 16.3. The molecule has 3 heterocycles. The largest absolute Gasteiger partial charge is 0.507 e. The summed E-state index contributed by atoms with van der Waals surface area (Å²) in [6.45, 7) is 9.46. The first-order valence-electron chi connectivity index (χ1n) is 21.6. The molecule has 63 heavy (non-hydrogen) atoms. The van der Waals surface area contributed by atoms with Crippen LogP contribution < -0.4 is 0 Å². The molecule has 0 spiro atoms. The van der Waals surface area contributed by atoms with Crippen molar-refractivity contribution in [1.82, 2.24) is 14.5 Å². The van der Waals surface area contributed by atoms with Gasteiger partial charge in [0.1, 0.15) is 22.7 Å². The van der Waals surface area contributed by atoms with E-state index in [-0.39, 0.29) is 16.6 Å². The van der Waals surface area contributed by atoms with Gasteiger partial charge in [0.2, 0.25) is 0 Å². The van der Waals surface area contributed by atoms with Crippen LogP contribution in [0.15, 0.2) is 186 Å². The van der Waals surface area contributed by atoms with Gasteiger partial charge >= 0.3 is 0 Å². The zero-order chi connectivity index (χ0) is 42.6. The molecule has 0 saturated carbocycles. The highest BCUT2D eigenvalue weighted by Crippen LogP contribution is 2.56. The minimum Gasteiger partial charge on any atom is -0.507 e. The van der Waals surface area contributed by atoms with E-state index in [9.17, 15) is 5.11 Å². The molecule has 12 rings (SSSR count). The zero-order valence-electron chi connectivity index (χ0n) is 35.5. The minimum absolute atomic E-state index is 0.0805. The Bertz CT molecular complexity index is 3580. The lowest BCUT2D eigenvalue weighted by molar-refractivity contribution is 0.300. The molecule has 5 nitrogen and oxygen atoms in total. The van der Waals surface area contributed by atoms with Crippen molar-refractivity contribution >= 4 is 43.7 Å². The molecule has 302 valence electrons. The van der Waals surface area contributed by atoms with E-state index >= 15 is 0 Å². The van der Waals surface area contributed by atoms with Gasteiger partial charge in [-0.05, 0) is 51.3 Å². The Labute approximate surface area is 365 Å². The van der Waals surface area contributed by atoms with Crippen molar-refractivity contribution in [3.8, 4) is 67.6 Å². The molecule has 0 bridgehead atoms. The fourth-order valence-corrected chi connectivity index (χ4v) is 10.3. The third-order valence-electron chi connectivity index (χ3n) is 14.1. The van der Waals surface area contributed by atoms with Crippen LogP contribution in [0, 0.1) is 0 Å². The maximum atomic E-state index is 12.2. The van der Waals surface area contributed by atoms with Crippen molar-refractivity contribution in [2.45, 2.75) is 38.5 Å². The van der Waals surface area contributed by atoms with E-state index in [1.165, 1.54) is 16.5 Å². The van der Waals surface area contributed by atoms with Crippen LogP contribution in [0.1, 0.15) is 38.8 Å². The molecule has 0 amide bonds. The average Bonchev–Trinajstić information content (AvgIpc) is 3.88. The molecule has 0 unspecified atom stereocenters. The van der Waals surface area contributed by atoms with Crippen molar-refractivity contribution in [3.63, 3.8) is 0 Å². The average molecular weight is 814 g/mol. The number of aromatic hydroxyl groups is 1. The highest BCUT2D eigenvalue weighted by Gasteiger charge is 2.47. The van der Waals surface area contributed by atoms with Crippen LogP contribution in [-0.2, 0) is 10.8 Å². The fourth-order valence-electron chi connectivity index (χ4n) is 10.3. The normalized spacial score (nSPS) is 14.0. The number of furan rings is 1. The molecule has 8 aromatic carbocycles. The van der Waals surface area contributed by atoms with Gasteiger partial charge in [-0.25, -0.2) is 9.97 Å². The number of pyridine rings is 1. The topological polar surface area (TPSA) is 64.1 Å². The van der Waals surface area contributed by atoms with Crippen molar-refractivity contribution in [2.75, 3.05) is 0 Å². The molecule has 1 aliphatic carbocycles. The lowest BCUT2D eigenvalue weighted by Gasteiger charge is -2.48. The number of rotatable bonds is 5. The monoisotopic (exact) mass is 813 g/mol. The van der Waals surface area contributed by atoms with Crippen LogP contribution in [-0.4, -0.2) is 19.6 Å². The van der Waals surface area contributed by atoms with Crippen molar-refractivity contribution in [3.05, 3.63) is 193 Å².